The lowest BCUT2D eigenvalue weighted by Crippen LogP contribution is -1.82. The second-order valence-electron chi connectivity index (χ2n) is 5.00. The van der Waals surface area contributed by atoms with Crippen molar-refractivity contribution in [1.29, 1.82) is 0 Å². The zero-order chi connectivity index (χ0) is 12.7. The zero-order valence-electron chi connectivity index (χ0n) is 10.6. The van der Waals surface area contributed by atoms with Crippen molar-refractivity contribution in [1.82, 2.24) is 0 Å². The molecule has 0 saturated carbocycles. The summed E-state index contributed by atoms with van der Waals surface area (Å²) in [5.41, 5.74) is 8.15. The Hall–Kier alpha value is -2.34. The summed E-state index contributed by atoms with van der Waals surface area (Å²) >= 11 is 0. The van der Waals surface area contributed by atoms with E-state index in [9.17, 15) is 0 Å². The van der Waals surface area contributed by atoms with Crippen molar-refractivity contribution in [2.24, 2.45) is 0 Å². The molecule has 1 aliphatic carbocycles. The molecule has 0 spiro atoms. The molecule has 0 heteroatoms. The quantitative estimate of drug-likeness (QED) is 0.452. The minimum Gasteiger partial charge on any atom is -0.0619 e. The van der Waals surface area contributed by atoms with Gasteiger partial charge in [0.1, 0.15) is 0 Å². The second kappa shape index (κ2) is 4.10. The molecule has 0 amide bonds. The SMILES string of the molecule is [c]1cccc(-c2ccc3c(c2)-c2ccccc2C3)c1. The van der Waals surface area contributed by atoms with E-state index in [1.54, 1.807) is 0 Å². The first kappa shape index (κ1) is 10.6. The van der Waals surface area contributed by atoms with E-state index in [1.807, 2.05) is 18.2 Å². The molecule has 1 radical (unpaired) electrons. The predicted octanol–water partition coefficient (Wildman–Crippen LogP) is 4.72. The van der Waals surface area contributed by atoms with Gasteiger partial charge < -0.3 is 0 Å². The first-order chi connectivity index (χ1) is 9.42. The molecular formula is C19H13. The van der Waals surface area contributed by atoms with Gasteiger partial charge >= 0.3 is 0 Å². The molecule has 3 aromatic rings. The van der Waals surface area contributed by atoms with Crippen LogP contribution in [-0.2, 0) is 6.42 Å². The zero-order valence-corrected chi connectivity index (χ0v) is 10.6. The van der Waals surface area contributed by atoms with E-state index in [0.717, 1.165) is 6.42 Å². The van der Waals surface area contributed by atoms with E-state index in [4.69, 9.17) is 0 Å². The van der Waals surface area contributed by atoms with E-state index in [1.165, 1.54) is 33.4 Å². The molecule has 19 heavy (non-hydrogen) atoms. The highest BCUT2D eigenvalue weighted by atomic mass is 14.2. The predicted molar refractivity (Wildman–Crippen MR) is 79.0 cm³/mol. The maximum atomic E-state index is 3.15. The van der Waals surface area contributed by atoms with Gasteiger partial charge in [-0.15, -0.1) is 0 Å². The van der Waals surface area contributed by atoms with Gasteiger partial charge in [0.2, 0.25) is 0 Å². The van der Waals surface area contributed by atoms with Gasteiger partial charge in [0.25, 0.3) is 0 Å². The standard InChI is InChI=1S/C19H13/c1-2-6-14(7-3-1)15-10-11-17-12-16-8-4-5-9-18(16)19(17)13-15/h1-2,4-11,13H,12H2. The number of fused-ring (bicyclic) bond motifs is 3. The van der Waals surface area contributed by atoms with Gasteiger partial charge in [0.05, 0.1) is 0 Å². The number of benzene rings is 3. The summed E-state index contributed by atoms with van der Waals surface area (Å²) in [7, 11) is 0. The van der Waals surface area contributed by atoms with Gasteiger partial charge in [-0.3, -0.25) is 0 Å². The van der Waals surface area contributed by atoms with Crippen LogP contribution in [-0.4, -0.2) is 0 Å². The molecule has 0 aliphatic heterocycles. The summed E-state index contributed by atoms with van der Waals surface area (Å²) in [6.45, 7) is 0. The van der Waals surface area contributed by atoms with Crippen LogP contribution in [0.25, 0.3) is 22.3 Å². The monoisotopic (exact) mass is 241 g/mol. The minimum atomic E-state index is 1.06. The van der Waals surface area contributed by atoms with Crippen LogP contribution in [0, 0.1) is 6.07 Å². The highest BCUT2D eigenvalue weighted by molar-refractivity contribution is 5.81. The van der Waals surface area contributed by atoms with Gasteiger partial charge in [-0.2, -0.15) is 0 Å². The largest absolute Gasteiger partial charge is 0.0619 e. The molecule has 0 saturated heterocycles. The van der Waals surface area contributed by atoms with Crippen LogP contribution >= 0.6 is 0 Å². The Bertz CT molecular complexity index is 739. The molecular weight excluding hydrogens is 228 g/mol. The van der Waals surface area contributed by atoms with E-state index in [0.29, 0.717) is 0 Å². The molecule has 4 rings (SSSR count). The van der Waals surface area contributed by atoms with E-state index in [-0.39, 0.29) is 0 Å². The molecule has 1 aliphatic rings. The number of hydrogen-bond acceptors (Lipinski definition) is 0. The number of rotatable bonds is 1. The van der Waals surface area contributed by atoms with Crippen LogP contribution < -0.4 is 0 Å². The lowest BCUT2D eigenvalue weighted by Gasteiger charge is -2.06. The summed E-state index contributed by atoms with van der Waals surface area (Å²) < 4.78 is 0. The third-order valence-corrected chi connectivity index (χ3v) is 3.84. The Labute approximate surface area is 113 Å². The Kier molecular flexibility index (Phi) is 2.28. The summed E-state index contributed by atoms with van der Waals surface area (Å²) in [6, 6.07) is 26.8. The fraction of sp³-hybridized carbons (Fsp3) is 0.0526. The summed E-state index contributed by atoms with van der Waals surface area (Å²) in [6.07, 6.45) is 1.06. The van der Waals surface area contributed by atoms with Gasteiger partial charge in [-0.1, -0.05) is 54.6 Å². The van der Waals surface area contributed by atoms with Crippen LogP contribution in [0.15, 0.2) is 66.7 Å². The maximum absolute atomic E-state index is 3.15. The first-order valence-electron chi connectivity index (χ1n) is 6.59. The molecule has 0 atom stereocenters. The topological polar surface area (TPSA) is 0 Å². The molecule has 0 nitrogen and oxygen atoms in total. The molecule has 3 aromatic carbocycles. The van der Waals surface area contributed by atoms with E-state index in [2.05, 4.69) is 54.6 Å². The second-order valence-corrected chi connectivity index (χ2v) is 5.00. The normalized spacial score (nSPS) is 12.0. The maximum Gasteiger partial charge on any atom is -0.00134 e. The van der Waals surface area contributed by atoms with Crippen molar-refractivity contribution in [2.75, 3.05) is 0 Å². The average molecular weight is 241 g/mol. The van der Waals surface area contributed by atoms with Crippen molar-refractivity contribution < 1.29 is 0 Å². The van der Waals surface area contributed by atoms with Crippen LogP contribution in [0.4, 0.5) is 0 Å². The Balaban J connectivity index is 1.89. The van der Waals surface area contributed by atoms with Gasteiger partial charge in [-0.05, 0) is 58.0 Å². The average Bonchev–Trinajstić information content (AvgIpc) is 2.86. The van der Waals surface area contributed by atoms with Crippen molar-refractivity contribution in [3.05, 3.63) is 83.9 Å². The smallest absolute Gasteiger partial charge is 0.00134 e. The molecule has 0 aromatic heterocycles. The summed E-state index contributed by atoms with van der Waals surface area (Å²) in [4.78, 5) is 0. The molecule has 0 fully saturated rings. The van der Waals surface area contributed by atoms with E-state index < -0.39 is 0 Å². The Morgan fingerprint density at radius 1 is 0.737 bits per heavy atom. The first-order valence-corrected chi connectivity index (χ1v) is 6.59. The fourth-order valence-corrected chi connectivity index (χ4v) is 2.88. The van der Waals surface area contributed by atoms with Gasteiger partial charge in [0.15, 0.2) is 0 Å². The third-order valence-electron chi connectivity index (χ3n) is 3.84. The summed E-state index contributed by atoms with van der Waals surface area (Å²) in [5.74, 6) is 0. The Morgan fingerprint density at radius 2 is 1.63 bits per heavy atom. The van der Waals surface area contributed by atoms with Crippen molar-refractivity contribution in [2.45, 2.75) is 6.42 Å². The fourth-order valence-electron chi connectivity index (χ4n) is 2.88. The number of hydrogen-bond donors (Lipinski definition) is 0. The van der Waals surface area contributed by atoms with Crippen LogP contribution in [0.1, 0.15) is 11.1 Å². The summed E-state index contributed by atoms with van der Waals surface area (Å²) in [5, 5.41) is 0. The Morgan fingerprint density at radius 3 is 2.53 bits per heavy atom. The highest BCUT2D eigenvalue weighted by Gasteiger charge is 2.17. The molecule has 0 heterocycles. The lowest BCUT2D eigenvalue weighted by atomic mass is 9.99. The molecule has 0 unspecified atom stereocenters. The van der Waals surface area contributed by atoms with Crippen molar-refractivity contribution in [3.8, 4) is 22.3 Å². The van der Waals surface area contributed by atoms with E-state index >= 15 is 0 Å². The molecule has 0 bridgehead atoms. The van der Waals surface area contributed by atoms with Crippen LogP contribution in [0.5, 0.6) is 0 Å². The molecule has 0 N–H and O–H groups in total. The van der Waals surface area contributed by atoms with Gasteiger partial charge in [-0.25, -0.2) is 0 Å². The van der Waals surface area contributed by atoms with Crippen molar-refractivity contribution in [3.63, 3.8) is 0 Å². The molecule has 89 valence electrons. The minimum absolute atomic E-state index is 1.06. The van der Waals surface area contributed by atoms with Crippen molar-refractivity contribution >= 4 is 0 Å². The van der Waals surface area contributed by atoms with Gasteiger partial charge in [0, 0.05) is 0 Å². The highest BCUT2D eigenvalue weighted by Crippen LogP contribution is 2.38. The third kappa shape index (κ3) is 1.68. The van der Waals surface area contributed by atoms with Crippen LogP contribution in [0.2, 0.25) is 0 Å². The van der Waals surface area contributed by atoms with Crippen LogP contribution in [0.3, 0.4) is 0 Å². The lowest BCUT2D eigenvalue weighted by molar-refractivity contribution is 1.26.